The summed E-state index contributed by atoms with van der Waals surface area (Å²) in [4.78, 5) is 38.8. The first kappa shape index (κ1) is 31.6. The molecule has 0 saturated carbocycles. The predicted molar refractivity (Wildman–Crippen MR) is 161 cm³/mol. The number of aliphatic hydroxyl groups excluding tert-OH is 1. The van der Waals surface area contributed by atoms with Gasteiger partial charge in [0.1, 0.15) is 11.8 Å². The lowest BCUT2D eigenvalue weighted by Crippen LogP contribution is -2.56. The number of hydrogen-bond acceptors (Lipinski definition) is 5. The summed E-state index contributed by atoms with van der Waals surface area (Å²) in [6, 6.07) is 21.4. The van der Waals surface area contributed by atoms with E-state index in [1.165, 1.54) is 0 Å². The lowest BCUT2D eigenvalue weighted by atomic mass is 9.95. The van der Waals surface area contributed by atoms with Crippen LogP contribution in [0.4, 0.5) is 0 Å². The van der Waals surface area contributed by atoms with Crippen molar-refractivity contribution in [3.05, 3.63) is 78.4 Å². The number of rotatable bonds is 16. The van der Waals surface area contributed by atoms with Crippen LogP contribution in [0.5, 0.6) is 5.75 Å². The maximum atomic E-state index is 13.5. The third-order valence-corrected chi connectivity index (χ3v) is 7.24. The number of amides is 3. The Bertz CT molecular complexity index is 1270. The van der Waals surface area contributed by atoms with Crippen molar-refractivity contribution in [2.45, 2.75) is 71.1 Å². The third-order valence-electron chi connectivity index (χ3n) is 7.24. The molecule has 0 bridgehead atoms. The number of benzene rings is 3. The van der Waals surface area contributed by atoms with E-state index in [2.05, 4.69) is 16.0 Å². The van der Waals surface area contributed by atoms with E-state index in [0.717, 1.165) is 29.2 Å². The Hall–Kier alpha value is -3.91. The van der Waals surface area contributed by atoms with E-state index in [0.29, 0.717) is 25.1 Å². The second-order valence-corrected chi connectivity index (χ2v) is 10.5. The Morgan fingerprint density at radius 3 is 2.29 bits per heavy atom. The Balaban J connectivity index is 1.66. The monoisotopic (exact) mass is 561 g/mol. The summed E-state index contributed by atoms with van der Waals surface area (Å²) in [6.07, 6.45) is 1.54. The van der Waals surface area contributed by atoms with Crippen LogP contribution in [-0.4, -0.2) is 54.2 Å². The maximum absolute atomic E-state index is 13.5. The van der Waals surface area contributed by atoms with Gasteiger partial charge in [-0.1, -0.05) is 94.3 Å². The lowest BCUT2D eigenvalue weighted by molar-refractivity contribution is -0.132. The molecule has 8 nitrogen and oxygen atoms in total. The molecule has 0 aliphatic rings. The average Bonchev–Trinajstić information content (AvgIpc) is 2.98. The van der Waals surface area contributed by atoms with Gasteiger partial charge in [-0.25, -0.2) is 0 Å². The zero-order valence-electron chi connectivity index (χ0n) is 24.3. The van der Waals surface area contributed by atoms with Crippen molar-refractivity contribution in [3.8, 4) is 5.75 Å². The quantitative estimate of drug-likeness (QED) is 0.196. The molecule has 0 heterocycles. The van der Waals surface area contributed by atoms with Gasteiger partial charge in [-0.3, -0.25) is 14.4 Å². The molecule has 0 radical (unpaired) electrons. The fourth-order valence-corrected chi connectivity index (χ4v) is 4.56. The highest BCUT2D eigenvalue weighted by atomic mass is 16.5. The molecule has 4 N–H and O–H groups in total. The number of hydrogen-bond donors (Lipinski definition) is 4. The number of unbranched alkanes of at least 4 members (excludes halogenated alkanes) is 1. The van der Waals surface area contributed by atoms with Crippen LogP contribution in [-0.2, 0) is 20.8 Å². The molecular weight excluding hydrogens is 518 g/mol. The van der Waals surface area contributed by atoms with Gasteiger partial charge in [0.05, 0.1) is 18.6 Å². The molecule has 0 saturated heterocycles. The number of carbonyl (C=O) groups excluding carboxylic acids is 3. The molecule has 0 fully saturated rings. The van der Waals surface area contributed by atoms with Crippen LogP contribution in [0.1, 0.15) is 52.0 Å². The standard InChI is InChI=1S/C33H43N3O5/c1-4-6-18-34-30(38)21-29(37)28(19-24-12-8-7-9-13-24)35-33(40)32(23(3)5-2)36-31(39)22-41-27-17-16-25-14-10-11-15-26(25)20-27/h7-17,20,23,28-29,32,37H,4-6,18-19,21-22H2,1-3H3,(H,34,38)(H,35,40)(H,36,39)/t23-,28-,29-,32-/m0/s1. The van der Waals surface area contributed by atoms with Gasteiger partial charge in [0.2, 0.25) is 11.8 Å². The number of aliphatic hydroxyl groups is 1. The minimum absolute atomic E-state index is 0.137. The van der Waals surface area contributed by atoms with Crippen molar-refractivity contribution in [2.75, 3.05) is 13.2 Å². The molecule has 3 aromatic rings. The van der Waals surface area contributed by atoms with E-state index < -0.39 is 30.0 Å². The topological polar surface area (TPSA) is 117 Å². The predicted octanol–water partition coefficient (Wildman–Crippen LogP) is 4.14. The number of carbonyl (C=O) groups is 3. The Morgan fingerprint density at radius 1 is 0.878 bits per heavy atom. The van der Waals surface area contributed by atoms with Gasteiger partial charge >= 0.3 is 0 Å². The van der Waals surface area contributed by atoms with Crippen LogP contribution in [0.3, 0.4) is 0 Å². The van der Waals surface area contributed by atoms with Gasteiger partial charge in [-0.05, 0) is 47.2 Å². The van der Waals surface area contributed by atoms with E-state index in [1.54, 1.807) is 0 Å². The molecule has 0 unspecified atom stereocenters. The van der Waals surface area contributed by atoms with Crippen LogP contribution in [0, 0.1) is 5.92 Å². The van der Waals surface area contributed by atoms with Gasteiger partial charge in [-0.2, -0.15) is 0 Å². The maximum Gasteiger partial charge on any atom is 0.258 e. The first-order valence-electron chi connectivity index (χ1n) is 14.5. The number of ether oxygens (including phenoxy) is 1. The van der Waals surface area contributed by atoms with E-state index in [-0.39, 0.29) is 24.9 Å². The van der Waals surface area contributed by atoms with Gasteiger partial charge < -0.3 is 25.8 Å². The van der Waals surface area contributed by atoms with Gasteiger partial charge in [-0.15, -0.1) is 0 Å². The highest BCUT2D eigenvalue weighted by Gasteiger charge is 2.31. The molecule has 0 aliphatic carbocycles. The second kappa shape index (κ2) is 16.4. The van der Waals surface area contributed by atoms with Crippen molar-refractivity contribution in [1.29, 1.82) is 0 Å². The van der Waals surface area contributed by atoms with E-state index in [9.17, 15) is 19.5 Å². The molecule has 3 amide bonds. The molecule has 0 aromatic heterocycles. The molecule has 3 aromatic carbocycles. The Labute approximate surface area is 242 Å². The zero-order chi connectivity index (χ0) is 29.6. The highest BCUT2D eigenvalue weighted by Crippen LogP contribution is 2.20. The summed E-state index contributed by atoms with van der Waals surface area (Å²) >= 11 is 0. The highest BCUT2D eigenvalue weighted by molar-refractivity contribution is 5.89. The summed E-state index contributed by atoms with van der Waals surface area (Å²) in [5.41, 5.74) is 0.913. The summed E-state index contributed by atoms with van der Waals surface area (Å²) in [7, 11) is 0. The average molecular weight is 562 g/mol. The van der Waals surface area contributed by atoms with Crippen molar-refractivity contribution in [3.63, 3.8) is 0 Å². The van der Waals surface area contributed by atoms with Gasteiger partial charge in [0.25, 0.3) is 5.91 Å². The fraction of sp³-hybridized carbons (Fsp3) is 0.424. The largest absolute Gasteiger partial charge is 0.484 e. The van der Waals surface area contributed by atoms with Crippen LogP contribution in [0.2, 0.25) is 0 Å². The molecule has 0 aliphatic heterocycles. The molecule has 0 spiro atoms. The summed E-state index contributed by atoms with van der Waals surface area (Å²) < 4.78 is 5.72. The first-order valence-corrected chi connectivity index (χ1v) is 14.5. The SMILES string of the molecule is CCCCNC(=O)C[C@H](O)[C@H](Cc1ccccc1)NC(=O)[C@@H](NC(=O)COc1ccc2ccccc2c1)[C@@H](C)CC. The van der Waals surface area contributed by atoms with Crippen LogP contribution < -0.4 is 20.7 Å². The zero-order valence-corrected chi connectivity index (χ0v) is 24.3. The van der Waals surface area contributed by atoms with Crippen molar-refractivity contribution >= 4 is 28.5 Å². The summed E-state index contributed by atoms with van der Waals surface area (Å²) in [6.45, 7) is 6.17. The van der Waals surface area contributed by atoms with Crippen molar-refractivity contribution < 1.29 is 24.2 Å². The summed E-state index contributed by atoms with van der Waals surface area (Å²) in [5, 5.41) is 21.7. The van der Waals surface area contributed by atoms with E-state index in [1.807, 2.05) is 93.6 Å². The lowest BCUT2D eigenvalue weighted by Gasteiger charge is -2.29. The number of fused-ring (bicyclic) bond motifs is 1. The smallest absolute Gasteiger partial charge is 0.258 e. The first-order chi connectivity index (χ1) is 19.8. The van der Waals surface area contributed by atoms with Crippen LogP contribution in [0.25, 0.3) is 10.8 Å². The normalized spacial score (nSPS) is 14.0. The molecular formula is C33H43N3O5. The summed E-state index contributed by atoms with van der Waals surface area (Å²) in [5.74, 6) is -0.715. The van der Waals surface area contributed by atoms with E-state index >= 15 is 0 Å². The third kappa shape index (κ3) is 10.2. The molecule has 3 rings (SSSR count). The van der Waals surface area contributed by atoms with Crippen LogP contribution >= 0.6 is 0 Å². The minimum atomic E-state index is -1.11. The van der Waals surface area contributed by atoms with Gasteiger partial charge in [0.15, 0.2) is 6.61 Å². The van der Waals surface area contributed by atoms with E-state index in [4.69, 9.17) is 4.74 Å². The molecule has 41 heavy (non-hydrogen) atoms. The number of nitrogens with one attached hydrogen (secondary N) is 3. The molecule has 220 valence electrons. The Morgan fingerprint density at radius 2 is 1.59 bits per heavy atom. The van der Waals surface area contributed by atoms with Crippen molar-refractivity contribution in [1.82, 2.24) is 16.0 Å². The van der Waals surface area contributed by atoms with Crippen molar-refractivity contribution in [2.24, 2.45) is 5.92 Å². The molecule has 8 heteroatoms. The van der Waals surface area contributed by atoms with Gasteiger partial charge in [0, 0.05) is 6.54 Å². The Kier molecular flexibility index (Phi) is 12.6. The minimum Gasteiger partial charge on any atom is -0.484 e. The second-order valence-electron chi connectivity index (χ2n) is 10.5. The fourth-order valence-electron chi connectivity index (χ4n) is 4.56. The molecule has 4 atom stereocenters. The van der Waals surface area contributed by atoms with Crippen LogP contribution in [0.15, 0.2) is 72.8 Å².